The molecule has 0 N–H and O–H groups in total. The number of aldehydes is 1. The Kier molecular flexibility index (Phi) is 3.27. The standard InChI is InChI=1S/C10H6ClF3N4O/c1-5-2-7(16-4-15-5)18-9(11)6(3-19)8(17-18)10(12,13)14/h2-4H,1H3. The van der Waals surface area contributed by atoms with E-state index in [-0.39, 0.29) is 12.1 Å². The van der Waals surface area contributed by atoms with Gasteiger partial charge < -0.3 is 0 Å². The van der Waals surface area contributed by atoms with Gasteiger partial charge in [-0.1, -0.05) is 11.6 Å². The summed E-state index contributed by atoms with van der Waals surface area (Å²) in [5.74, 6) is 0.0519. The molecule has 2 aromatic rings. The molecule has 0 unspecified atom stereocenters. The summed E-state index contributed by atoms with van der Waals surface area (Å²) in [6.45, 7) is 1.63. The molecule has 0 spiro atoms. The van der Waals surface area contributed by atoms with Gasteiger partial charge in [-0.25, -0.2) is 14.6 Å². The Labute approximate surface area is 110 Å². The van der Waals surface area contributed by atoms with Gasteiger partial charge >= 0.3 is 6.18 Å². The zero-order chi connectivity index (χ0) is 14.2. The predicted octanol–water partition coefficient (Wildman–Crippen LogP) is 2.46. The lowest BCUT2D eigenvalue weighted by Crippen LogP contribution is -2.09. The molecule has 2 aromatic heterocycles. The normalized spacial score (nSPS) is 11.6. The Bertz CT molecular complexity index is 638. The minimum atomic E-state index is -4.77. The van der Waals surface area contributed by atoms with Crippen molar-refractivity contribution in [3.05, 3.63) is 34.5 Å². The van der Waals surface area contributed by atoms with E-state index in [2.05, 4.69) is 15.1 Å². The van der Waals surface area contributed by atoms with Crippen molar-refractivity contribution in [2.45, 2.75) is 13.1 Å². The minimum Gasteiger partial charge on any atom is -0.298 e. The summed E-state index contributed by atoms with van der Waals surface area (Å²) in [5.41, 5.74) is -1.54. The van der Waals surface area contributed by atoms with E-state index in [1.165, 1.54) is 6.07 Å². The average Bonchev–Trinajstić information content (AvgIpc) is 2.66. The van der Waals surface area contributed by atoms with Crippen molar-refractivity contribution in [3.63, 3.8) is 0 Å². The van der Waals surface area contributed by atoms with Crippen molar-refractivity contribution in [1.29, 1.82) is 0 Å². The molecule has 100 valence electrons. The van der Waals surface area contributed by atoms with E-state index in [1.807, 2.05) is 0 Å². The summed E-state index contributed by atoms with van der Waals surface area (Å²) in [6, 6.07) is 1.40. The van der Waals surface area contributed by atoms with Crippen molar-refractivity contribution < 1.29 is 18.0 Å². The van der Waals surface area contributed by atoms with E-state index in [4.69, 9.17) is 11.6 Å². The molecule has 0 amide bonds. The smallest absolute Gasteiger partial charge is 0.298 e. The molecule has 2 heterocycles. The zero-order valence-electron chi connectivity index (χ0n) is 9.44. The molecule has 5 nitrogen and oxygen atoms in total. The number of carbonyl (C=O) groups is 1. The number of aryl methyl sites for hydroxylation is 1. The van der Waals surface area contributed by atoms with Crippen LogP contribution in [0.25, 0.3) is 5.82 Å². The first-order chi connectivity index (χ1) is 8.84. The third-order valence-corrected chi connectivity index (χ3v) is 2.62. The van der Waals surface area contributed by atoms with Crippen LogP contribution in [0.3, 0.4) is 0 Å². The van der Waals surface area contributed by atoms with Crippen LogP contribution in [0.1, 0.15) is 21.7 Å². The summed E-state index contributed by atoms with van der Waals surface area (Å²) < 4.78 is 38.8. The number of alkyl halides is 3. The number of rotatable bonds is 2. The van der Waals surface area contributed by atoms with Crippen LogP contribution in [0, 0.1) is 6.92 Å². The minimum absolute atomic E-state index is 0.0166. The second-order valence-corrected chi connectivity index (χ2v) is 3.96. The molecule has 0 fully saturated rings. The molecule has 0 radical (unpaired) electrons. The summed E-state index contributed by atoms with van der Waals surface area (Å²) >= 11 is 5.73. The number of carbonyl (C=O) groups excluding carboxylic acids is 1. The molecule has 0 bridgehead atoms. The van der Waals surface area contributed by atoms with Crippen molar-refractivity contribution in [1.82, 2.24) is 19.7 Å². The molecule has 0 aromatic carbocycles. The van der Waals surface area contributed by atoms with Crippen LogP contribution in [0.5, 0.6) is 0 Å². The Morgan fingerprint density at radius 1 is 1.37 bits per heavy atom. The number of hydrogen-bond acceptors (Lipinski definition) is 4. The van der Waals surface area contributed by atoms with Gasteiger partial charge in [0.15, 0.2) is 17.8 Å². The first-order valence-electron chi connectivity index (χ1n) is 4.94. The fourth-order valence-electron chi connectivity index (χ4n) is 1.43. The average molecular weight is 291 g/mol. The Balaban J connectivity index is 2.66. The molecule has 9 heteroatoms. The highest BCUT2D eigenvalue weighted by Crippen LogP contribution is 2.34. The molecule has 2 rings (SSSR count). The number of hydrogen-bond donors (Lipinski definition) is 0. The molecule has 19 heavy (non-hydrogen) atoms. The summed E-state index contributed by atoms with van der Waals surface area (Å²) in [6.07, 6.45) is -3.59. The summed E-state index contributed by atoms with van der Waals surface area (Å²) in [5, 5.41) is 2.86. The molecule has 0 saturated carbocycles. The van der Waals surface area contributed by atoms with Gasteiger partial charge in [-0.2, -0.15) is 18.3 Å². The van der Waals surface area contributed by atoms with Gasteiger partial charge in [0.25, 0.3) is 0 Å². The van der Waals surface area contributed by atoms with Gasteiger partial charge in [0, 0.05) is 11.8 Å². The number of nitrogens with zero attached hydrogens (tertiary/aromatic N) is 4. The van der Waals surface area contributed by atoms with Crippen LogP contribution in [0.15, 0.2) is 12.4 Å². The topological polar surface area (TPSA) is 60.7 Å². The fraction of sp³-hybridized carbons (Fsp3) is 0.200. The maximum atomic E-state index is 12.7. The second kappa shape index (κ2) is 4.61. The van der Waals surface area contributed by atoms with Crippen LogP contribution in [0.2, 0.25) is 5.15 Å². The zero-order valence-corrected chi connectivity index (χ0v) is 10.2. The number of aromatic nitrogens is 4. The molecular weight excluding hydrogens is 285 g/mol. The highest BCUT2D eigenvalue weighted by Gasteiger charge is 2.39. The van der Waals surface area contributed by atoms with E-state index in [0.717, 1.165) is 11.0 Å². The highest BCUT2D eigenvalue weighted by molar-refractivity contribution is 6.32. The lowest BCUT2D eigenvalue weighted by atomic mass is 10.2. The summed E-state index contributed by atoms with van der Waals surface area (Å²) in [4.78, 5) is 18.3. The van der Waals surface area contributed by atoms with E-state index < -0.39 is 22.6 Å². The highest BCUT2D eigenvalue weighted by atomic mass is 35.5. The van der Waals surface area contributed by atoms with E-state index in [1.54, 1.807) is 6.92 Å². The maximum absolute atomic E-state index is 12.7. The van der Waals surface area contributed by atoms with Crippen LogP contribution >= 0.6 is 11.6 Å². The van der Waals surface area contributed by atoms with Crippen molar-refractivity contribution in [2.75, 3.05) is 0 Å². The Morgan fingerprint density at radius 3 is 2.53 bits per heavy atom. The van der Waals surface area contributed by atoms with Crippen molar-refractivity contribution in [2.24, 2.45) is 0 Å². The molecule has 0 atom stereocenters. The lowest BCUT2D eigenvalue weighted by Gasteiger charge is -2.02. The van der Waals surface area contributed by atoms with Crippen LogP contribution in [0.4, 0.5) is 13.2 Å². The largest absolute Gasteiger partial charge is 0.435 e. The Morgan fingerprint density at radius 2 is 2.05 bits per heavy atom. The van der Waals surface area contributed by atoms with Gasteiger partial charge in [0.05, 0.1) is 5.56 Å². The number of halogens is 4. The van der Waals surface area contributed by atoms with Crippen LogP contribution in [-0.2, 0) is 6.18 Å². The first kappa shape index (κ1) is 13.5. The van der Waals surface area contributed by atoms with Crippen molar-refractivity contribution in [3.8, 4) is 5.82 Å². The first-order valence-corrected chi connectivity index (χ1v) is 5.32. The van der Waals surface area contributed by atoms with Gasteiger partial charge in [-0.05, 0) is 6.92 Å². The van der Waals surface area contributed by atoms with Gasteiger partial charge in [-0.3, -0.25) is 4.79 Å². The maximum Gasteiger partial charge on any atom is 0.435 e. The van der Waals surface area contributed by atoms with Crippen LogP contribution < -0.4 is 0 Å². The molecule has 0 saturated heterocycles. The van der Waals surface area contributed by atoms with E-state index >= 15 is 0 Å². The van der Waals surface area contributed by atoms with E-state index in [9.17, 15) is 18.0 Å². The fourth-order valence-corrected chi connectivity index (χ4v) is 1.69. The molecule has 0 aliphatic rings. The molecule has 0 aliphatic carbocycles. The quantitative estimate of drug-likeness (QED) is 0.797. The van der Waals surface area contributed by atoms with Gasteiger partial charge in [-0.15, -0.1) is 0 Å². The second-order valence-electron chi connectivity index (χ2n) is 3.60. The molecule has 0 aliphatic heterocycles. The summed E-state index contributed by atoms with van der Waals surface area (Å²) in [7, 11) is 0. The molecular formula is C10H6ClF3N4O. The SMILES string of the molecule is Cc1cc(-n2nc(C(F)(F)F)c(C=O)c2Cl)ncn1. The van der Waals surface area contributed by atoms with Gasteiger partial charge in [0.1, 0.15) is 11.5 Å². The van der Waals surface area contributed by atoms with Gasteiger partial charge in [0.2, 0.25) is 0 Å². The third-order valence-electron chi connectivity index (χ3n) is 2.26. The van der Waals surface area contributed by atoms with E-state index in [0.29, 0.717) is 5.69 Å². The predicted molar refractivity (Wildman–Crippen MR) is 59.3 cm³/mol. The van der Waals surface area contributed by atoms with Crippen LogP contribution in [-0.4, -0.2) is 26.0 Å². The monoisotopic (exact) mass is 290 g/mol. The Hall–Kier alpha value is -1.96. The van der Waals surface area contributed by atoms with Crippen molar-refractivity contribution >= 4 is 17.9 Å². The lowest BCUT2D eigenvalue weighted by molar-refractivity contribution is -0.141. The third kappa shape index (κ3) is 2.43.